The zero-order valence-corrected chi connectivity index (χ0v) is 22.8. The first-order valence-electron chi connectivity index (χ1n) is 12.4. The highest BCUT2D eigenvalue weighted by Gasteiger charge is 2.38. The lowest BCUT2D eigenvalue weighted by Gasteiger charge is -2.37. The standard InChI is InChI=1S/C27H34N4O8/c1-7-16-38-26(35)30(18-12-14-29(15-13-18)25(34)39-27(2,3)4)23(32)22-17-21(24(33)37-6)28-31(22)19-8-10-20(36-5)11-9-19/h7-11,17-18H,1,12-16H2,2-6H3. The van der Waals surface area contributed by atoms with Crippen molar-refractivity contribution >= 4 is 24.1 Å². The molecule has 0 N–H and O–H groups in total. The number of benzene rings is 1. The van der Waals surface area contributed by atoms with Crippen molar-refractivity contribution in [3.8, 4) is 11.4 Å². The molecule has 2 aromatic rings. The summed E-state index contributed by atoms with van der Waals surface area (Å²) in [5.74, 6) is -0.889. The first kappa shape index (κ1) is 29.2. The molecule has 3 amide bonds. The van der Waals surface area contributed by atoms with Gasteiger partial charge in [0.25, 0.3) is 5.91 Å². The van der Waals surface area contributed by atoms with Crippen LogP contribution in [0.4, 0.5) is 9.59 Å². The van der Waals surface area contributed by atoms with Crippen LogP contribution < -0.4 is 4.74 Å². The summed E-state index contributed by atoms with van der Waals surface area (Å²) in [5.41, 5.74) is -0.364. The quantitative estimate of drug-likeness (QED) is 0.291. The van der Waals surface area contributed by atoms with Crippen LogP contribution in [0.3, 0.4) is 0 Å². The number of rotatable bonds is 7. The summed E-state index contributed by atoms with van der Waals surface area (Å²) in [5, 5.41) is 4.26. The van der Waals surface area contributed by atoms with Crippen LogP contribution in [0.25, 0.3) is 5.69 Å². The lowest BCUT2D eigenvalue weighted by molar-refractivity contribution is 0.0145. The highest BCUT2D eigenvalue weighted by Crippen LogP contribution is 2.24. The molecular formula is C27H34N4O8. The summed E-state index contributed by atoms with van der Waals surface area (Å²) >= 11 is 0. The van der Waals surface area contributed by atoms with Gasteiger partial charge in [-0.3, -0.25) is 4.79 Å². The Labute approximate surface area is 227 Å². The lowest BCUT2D eigenvalue weighted by Crippen LogP contribution is -2.52. The van der Waals surface area contributed by atoms with E-state index in [1.165, 1.54) is 35.9 Å². The van der Waals surface area contributed by atoms with Gasteiger partial charge in [0.1, 0.15) is 23.7 Å². The van der Waals surface area contributed by atoms with Gasteiger partial charge >= 0.3 is 18.2 Å². The van der Waals surface area contributed by atoms with Gasteiger partial charge in [0.15, 0.2) is 5.69 Å². The van der Waals surface area contributed by atoms with Crippen LogP contribution in [0.5, 0.6) is 5.75 Å². The smallest absolute Gasteiger partial charge is 0.417 e. The number of imide groups is 1. The van der Waals surface area contributed by atoms with E-state index in [0.29, 0.717) is 24.3 Å². The number of methoxy groups -OCH3 is 2. The molecule has 0 bridgehead atoms. The van der Waals surface area contributed by atoms with Crippen LogP contribution in [0.1, 0.15) is 54.6 Å². The summed E-state index contributed by atoms with van der Waals surface area (Å²) < 4.78 is 21.9. The fourth-order valence-corrected chi connectivity index (χ4v) is 4.01. The Morgan fingerprint density at radius 2 is 1.74 bits per heavy atom. The van der Waals surface area contributed by atoms with Crippen LogP contribution in [-0.2, 0) is 14.2 Å². The molecule has 210 valence electrons. The minimum absolute atomic E-state index is 0.0503. The van der Waals surface area contributed by atoms with Gasteiger partial charge < -0.3 is 23.8 Å². The number of esters is 1. The second kappa shape index (κ2) is 12.5. The maximum atomic E-state index is 13.9. The molecule has 3 rings (SSSR count). The Kier molecular flexibility index (Phi) is 9.33. The number of piperidine rings is 1. The lowest BCUT2D eigenvalue weighted by atomic mass is 10.0. The molecule has 0 radical (unpaired) electrons. The number of amides is 3. The third kappa shape index (κ3) is 7.15. The molecule has 1 saturated heterocycles. The average Bonchev–Trinajstić information content (AvgIpc) is 3.36. The molecule has 12 nitrogen and oxygen atoms in total. The predicted octanol–water partition coefficient (Wildman–Crippen LogP) is 3.83. The minimum atomic E-state index is -0.877. The number of carbonyl (C=O) groups is 4. The number of aromatic nitrogens is 2. The molecule has 1 aromatic heterocycles. The van der Waals surface area contributed by atoms with Crippen molar-refractivity contribution in [1.29, 1.82) is 0 Å². The SMILES string of the molecule is C=CCOC(=O)N(C(=O)c1cc(C(=O)OC)nn1-c1ccc(OC)cc1)C1CCN(C(=O)OC(C)(C)C)CC1. The van der Waals surface area contributed by atoms with Crippen LogP contribution in [0.2, 0.25) is 0 Å². The van der Waals surface area contributed by atoms with Gasteiger partial charge in [-0.2, -0.15) is 5.10 Å². The Balaban J connectivity index is 1.95. The largest absolute Gasteiger partial charge is 0.497 e. The van der Waals surface area contributed by atoms with Crippen LogP contribution in [-0.4, -0.2) is 89.2 Å². The summed E-state index contributed by atoms with van der Waals surface area (Å²) in [6, 6.07) is 7.33. The average molecular weight is 543 g/mol. The number of ether oxygens (including phenoxy) is 4. The number of hydrogen-bond donors (Lipinski definition) is 0. The Morgan fingerprint density at radius 3 is 2.28 bits per heavy atom. The fourth-order valence-electron chi connectivity index (χ4n) is 4.01. The molecule has 0 spiro atoms. The molecule has 1 aromatic carbocycles. The van der Waals surface area contributed by atoms with Gasteiger partial charge in [-0.15, -0.1) is 0 Å². The third-order valence-electron chi connectivity index (χ3n) is 5.86. The van der Waals surface area contributed by atoms with Crippen molar-refractivity contribution in [2.75, 3.05) is 33.9 Å². The summed E-state index contributed by atoms with van der Waals surface area (Å²) in [6.07, 6.45) is 0.651. The van der Waals surface area contributed by atoms with E-state index in [-0.39, 0.29) is 31.1 Å². The van der Waals surface area contributed by atoms with E-state index >= 15 is 0 Å². The Bertz CT molecular complexity index is 1210. The molecule has 0 atom stereocenters. The molecular weight excluding hydrogens is 508 g/mol. The van der Waals surface area contributed by atoms with Crippen molar-refractivity contribution in [3.05, 3.63) is 54.4 Å². The fraction of sp³-hybridized carbons (Fsp3) is 0.444. The van der Waals surface area contributed by atoms with E-state index in [1.807, 2.05) is 0 Å². The molecule has 0 saturated carbocycles. The summed E-state index contributed by atoms with van der Waals surface area (Å²) in [4.78, 5) is 54.4. The number of likely N-dealkylation sites (tertiary alicyclic amines) is 1. The molecule has 39 heavy (non-hydrogen) atoms. The Hall–Kier alpha value is -4.35. The normalized spacial score (nSPS) is 13.8. The van der Waals surface area contributed by atoms with Crippen LogP contribution in [0.15, 0.2) is 43.0 Å². The molecule has 12 heteroatoms. The van der Waals surface area contributed by atoms with Gasteiger partial charge in [-0.1, -0.05) is 12.7 Å². The van der Waals surface area contributed by atoms with E-state index in [4.69, 9.17) is 18.9 Å². The maximum absolute atomic E-state index is 13.9. The third-order valence-corrected chi connectivity index (χ3v) is 5.86. The molecule has 1 aliphatic rings. The number of hydrogen-bond acceptors (Lipinski definition) is 9. The van der Waals surface area contributed by atoms with E-state index < -0.39 is 35.7 Å². The van der Waals surface area contributed by atoms with Crippen LogP contribution >= 0.6 is 0 Å². The minimum Gasteiger partial charge on any atom is -0.497 e. The Morgan fingerprint density at radius 1 is 1.10 bits per heavy atom. The first-order valence-corrected chi connectivity index (χ1v) is 12.4. The topological polar surface area (TPSA) is 129 Å². The molecule has 1 fully saturated rings. The highest BCUT2D eigenvalue weighted by molar-refractivity contribution is 6.04. The number of nitrogens with zero attached hydrogens (tertiary/aromatic N) is 4. The molecule has 2 heterocycles. The number of carbonyl (C=O) groups excluding carboxylic acids is 4. The van der Waals surface area contributed by atoms with E-state index in [0.717, 1.165) is 4.90 Å². The zero-order chi connectivity index (χ0) is 28.7. The van der Waals surface area contributed by atoms with Gasteiger partial charge in [-0.25, -0.2) is 24.0 Å². The van der Waals surface area contributed by atoms with E-state index in [9.17, 15) is 19.2 Å². The van der Waals surface area contributed by atoms with E-state index in [1.54, 1.807) is 45.0 Å². The molecule has 0 aliphatic carbocycles. The first-order chi connectivity index (χ1) is 18.5. The van der Waals surface area contributed by atoms with Crippen molar-refractivity contribution in [2.45, 2.75) is 45.3 Å². The van der Waals surface area contributed by atoms with Crippen LogP contribution in [0, 0.1) is 0 Å². The summed E-state index contributed by atoms with van der Waals surface area (Å²) in [7, 11) is 2.72. The zero-order valence-electron chi connectivity index (χ0n) is 22.8. The van der Waals surface area contributed by atoms with Gasteiger partial charge in [0.05, 0.1) is 19.9 Å². The second-order valence-electron chi connectivity index (χ2n) is 9.76. The molecule has 1 aliphatic heterocycles. The predicted molar refractivity (Wildman–Crippen MR) is 140 cm³/mol. The molecule has 0 unspecified atom stereocenters. The monoisotopic (exact) mass is 542 g/mol. The van der Waals surface area contributed by atoms with E-state index in [2.05, 4.69) is 11.7 Å². The van der Waals surface area contributed by atoms with Crippen molar-refractivity contribution in [2.24, 2.45) is 0 Å². The van der Waals surface area contributed by atoms with Crippen molar-refractivity contribution in [3.63, 3.8) is 0 Å². The van der Waals surface area contributed by atoms with Crippen molar-refractivity contribution in [1.82, 2.24) is 19.6 Å². The van der Waals surface area contributed by atoms with Gasteiger partial charge in [0.2, 0.25) is 0 Å². The summed E-state index contributed by atoms with van der Waals surface area (Å²) in [6.45, 7) is 9.32. The highest BCUT2D eigenvalue weighted by atomic mass is 16.6. The van der Waals surface area contributed by atoms with Gasteiger partial charge in [-0.05, 0) is 57.9 Å². The second-order valence-corrected chi connectivity index (χ2v) is 9.76. The van der Waals surface area contributed by atoms with Crippen molar-refractivity contribution < 1.29 is 38.1 Å². The maximum Gasteiger partial charge on any atom is 0.417 e. The van der Waals surface area contributed by atoms with Gasteiger partial charge in [0, 0.05) is 25.2 Å².